The first-order chi connectivity index (χ1) is 14.8. The second-order valence-corrected chi connectivity index (χ2v) is 8.41. The average Bonchev–Trinajstić information content (AvgIpc) is 2.79. The first-order valence-electron chi connectivity index (χ1n) is 11.3. The SMILES string of the molecule is CCc1ccc(O)c(C(C)c2cc(CC)cc(C(C)c3cc(CC)ccc3O)c2O)c1. The van der Waals surface area contributed by atoms with Gasteiger partial charge in [0.05, 0.1) is 0 Å². The second-order valence-electron chi connectivity index (χ2n) is 8.41. The van der Waals surface area contributed by atoms with Gasteiger partial charge in [-0.05, 0) is 48.1 Å². The van der Waals surface area contributed by atoms with Crippen molar-refractivity contribution >= 4 is 0 Å². The summed E-state index contributed by atoms with van der Waals surface area (Å²) in [5, 5.41) is 32.4. The molecule has 3 aromatic rings. The predicted molar refractivity (Wildman–Crippen MR) is 127 cm³/mol. The van der Waals surface area contributed by atoms with Crippen LogP contribution < -0.4 is 0 Å². The number of phenolic OH excluding ortho intramolecular Hbond substituents is 3. The maximum Gasteiger partial charge on any atom is 0.123 e. The molecule has 0 heterocycles. The maximum atomic E-state index is 11.3. The van der Waals surface area contributed by atoms with Gasteiger partial charge in [-0.25, -0.2) is 0 Å². The lowest BCUT2D eigenvalue weighted by molar-refractivity contribution is 0.447. The van der Waals surface area contributed by atoms with Crippen molar-refractivity contribution in [2.24, 2.45) is 0 Å². The lowest BCUT2D eigenvalue weighted by atomic mass is 9.83. The minimum Gasteiger partial charge on any atom is -0.508 e. The quantitative estimate of drug-likeness (QED) is 0.396. The van der Waals surface area contributed by atoms with Crippen molar-refractivity contribution in [1.29, 1.82) is 0 Å². The number of rotatable bonds is 7. The summed E-state index contributed by atoms with van der Waals surface area (Å²) in [4.78, 5) is 0. The van der Waals surface area contributed by atoms with Gasteiger partial charge in [0.2, 0.25) is 0 Å². The van der Waals surface area contributed by atoms with Gasteiger partial charge in [-0.3, -0.25) is 0 Å². The van der Waals surface area contributed by atoms with Gasteiger partial charge in [0.1, 0.15) is 17.2 Å². The highest BCUT2D eigenvalue weighted by Gasteiger charge is 2.24. The van der Waals surface area contributed by atoms with Crippen molar-refractivity contribution in [3.63, 3.8) is 0 Å². The first kappa shape index (κ1) is 22.7. The number of phenols is 3. The molecule has 3 nitrogen and oxygen atoms in total. The number of aryl methyl sites for hydroxylation is 3. The van der Waals surface area contributed by atoms with E-state index in [1.807, 2.05) is 50.2 Å². The Balaban J connectivity index is 2.14. The van der Waals surface area contributed by atoms with Crippen LogP contribution >= 0.6 is 0 Å². The Hall–Kier alpha value is -2.94. The smallest absolute Gasteiger partial charge is 0.123 e. The molecule has 0 radical (unpaired) electrons. The molecule has 3 rings (SSSR count). The number of aromatic hydroxyl groups is 3. The maximum absolute atomic E-state index is 11.3. The van der Waals surface area contributed by atoms with Crippen LogP contribution in [-0.4, -0.2) is 15.3 Å². The summed E-state index contributed by atoms with van der Waals surface area (Å²) < 4.78 is 0. The van der Waals surface area contributed by atoms with Crippen molar-refractivity contribution in [2.75, 3.05) is 0 Å². The lowest BCUT2D eigenvalue weighted by Crippen LogP contribution is -2.05. The lowest BCUT2D eigenvalue weighted by Gasteiger charge is -2.23. The third-order valence-electron chi connectivity index (χ3n) is 6.50. The fourth-order valence-electron chi connectivity index (χ4n) is 4.29. The molecular weight excluding hydrogens is 384 g/mol. The molecule has 0 saturated carbocycles. The van der Waals surface area contributed by atoms with E-state index in [-0.39, 0.29) is 29.1 Å². The summed E-state index contributed by atoms with van der Waals surface area (Å²) in [5.74, 6) is 0.390. The molecule has 0 fully saturated rings. The molecule has 3 aromatic carbocycles. The molecule has 0 saturated heterocycles. The summed E-state index contributed by atoms with van der Waals surface area (Å²) in [7, 11) is 0. The Bertz CT molecular complexity index is 987. The highest BCUT2D eigenvalue weighted by Crippen LogP contribution is 2.43. The van der Waals surface area contributed by atoms with Gasteiger partial charge >= 0.3 is 0 Å². The van der Waals surface area contributed by atoms with Crippen LogP contribution in [0, 0.1) is 0 Å². The Labute approximate surface area is 186 Å². The van der Waals surface area contributed by atoms with Crippen molar-refractivity contribution in [3.8, 4) is 17.2 Å². The van der Waals surface area contributed by atoms with Crippen LogP contribution in [0.15, 0.2) is 48.5 Å². The first-order valence-corrected chi connectivity index (χ1v) is 11.3. The van der Waals surface area contributed by atoms with Crippen LogP contribution in [0.4, 0.5) is 0 Å². The molecule has 0 aliphatic carbocycles. The van der Waals surface area contributed by atoms with Gasteiger partial charge in [0.25, 0.3) is 0 Å². The zero-order chi connectivity index (χ0) is 22.7. The van der Waals surface area contributed by atoms with Crippen LogP contribution in [0.3, 0.4) is 0 Å². The van der Waals surface area contributed by atoms with Crippen molar-refractivity contribution in [3.05, 3.63) is 87.5 Å². The van der Waals surface area contributed by atoms with E-state index in [0.717, 1.165) is 58.2 Å². The van der Waals surface area contributed by atoms with Crippen LogP contribution in [0.1, 0.15) is 85.4 Å². The van der Waals surface area contributed by atoms with E-state index in [1.165, 1.54) is 0 Å². The molecule has 3 heteroatoms. The number of benzene rings is 3. The van der Waals surface area contributed by atoms with E-state index in [0.29, 0.717) is 0 Å². The van der Waals surface area contributed by atoms with E-state index in [4.69, 9.17) is 0 Å². The highest BCUT2D eigenvalue weighted by molar-refractivity contribution is 5.55. The van der Waals surface area contributed by atoms with Crippen LogP contribution in [-0.2, 0) is 19.3 Å². The molecule has 0 aliphatic heterocycles. The van der Waals surface area contributed by atoms with Crippen LogP contribution in [0.2, 0.25) is 0 Å². The van der Waals surface area contributed by atoms with Crippen molar-refractivity contribution < 1.29 is 15.3 Å². The fourth-order valence-corrected chi connectivity index (χ4v) is 4.29. The number of hydrogen-bond donors (Lipinski definition) is 3. The van der Waals surface area contributed by atoms with Gasteiger partial charge in [-0.15, -0.1) is 0 Å². The summed E-state index contributed by atoms with van der Waals surface area (Å²) >= 11 is 0. The third-order valence-corrected chi connectivity index (χ3v) is 6.50. The second kappa shape index (κ2) is 9.47. The largest absolute Gasteiger partial charge is 0.508 e. The number of hydrogen-bond acceptors (Lipinski definition) is 3. The Morgan fingerprint density at radius 1 is 0.548 bits per heavy atom. The topological polar surface area (TPSA) is 60.7 Å². The van der Waals surface area contributed by atoms with E-state index >= 15 is 0 Å². The molecular formula is C28H34O3. The zero-order valence-corrected chi connectivity index (χ0v) is 19.2. The molecule has 0 bridgehead atoms. The Morgan fingerprint density at radius 3 is 1.26 bits per heavy atom. The van der Waals surface area contributed by atoms with Crippen LogP contribution in [0.5, 0.6) is 17.2 Å². The van der Waals surface area contributed by atoms with Gasteiger partial charge in [0, 0.05) is 34.1 Å². The molecule has 2 unspecified atom stereocenters. The van der Waals surface area contributed by atoms with E-state index in [2.05, 4.69) is 20.8 Å². The van der Waals surface area contributed by atoms with E-state index in [1.54, 1.807) is 12.1 Å². The molecule has 2 atom stereocenters. The average molecular weight is 419 g/mol. The molecule has 0 aromatic heterocycles. The van der Waals surface area contributed by atoms with Gasteiger partial charge in [0.15, 0.2) is 0 Å². The normalized spacial score (nSPS) is 13.2. The van der Waals surface area contributed by atoms with E-state index < -0.39 is 0 Å². The third kappa shape index (κ3) is 4.56. The van der Waals surface area contributed by atoms with Gasteiger partial charge < -0.3 is 15.3 Å². The minimum absolute atomic E-state index is 0.167. The van der Waals surface area contributed by atoms with Crippen molar-refractivity contribution in [2.45, 2.75) is 65.7 Å². The molecule has 164 valence electrons. The summed E-state index contributed by atoms with van der Waals surface area (Å²) in [6.07, 6.45) is 2.61. The standard InChI is InChI=1S/C28H34O3/c1-6-19-9-11-26(29)22(13-19)17(4)24-15-21(8-3)16-25(28(24)31)18(5)23-14-20(7-2)10-12-27(23)30/h9-18,29-31H,6-8H2,1-5H3. The molecule has 0 aliphatic rings. The zero-order valence-electron chi connectivity index (χ0n) is 19.2. The van der Waals surface area contributed by atoms with Crippen LogP contribution in [0.25, 0.3) is 0 Å². The predicted octanol–water partition coefficient (Wildman–Crippen LogP) is 6.79. The van der Waals surface area contributed by atoms with Crippen molar-refractivity contribution in [1.82, 2.24) is 0 Å². The molecule has 31 heavy (non-hydrogen) atoms. The summed E-state index contributed by atoms with van der Waals surface area (Å²) in [6.45, 7) is 10.3. The van der Waals surface area contributed by atoms with Gasteiger partial charge in [-0.1, -0.05) is 71.0 Å². The Morgan fingerprint density at radius 2 is 0.903 bits per heavy atom. The molecule has 3 N–H and O–H groups in total. The monoisotopic (exact) mass is 418 g/mol. The van der Waals surface area contributed by atoms with Gasteiger partial charge in [-0.2, -0.15) is 0 Å². The minimum atomic E-state index is -0.167. The van der Waals surface area contributed by atoms with E-state index in [9.17, 15) is 15.3 Å². The highest BCUT2D eigenvalue weighted by atomic mass is 16.3. The molecule has 0 spiro atoms. The summed E-state index contributed by atoms with van der Waals surface area (Å²) in [5.41, 5.74) is 6.67. The molecule has 0 amide bonds. The summed E-state index contributed by atoms with van der Waals surface area (Å²) in [6, 6.07) is 15.5. The fraction of sp³-hybridized carbons (Fsp3) is 0.357. The Kier molecular flexibility index (Phi) is 6.94.